The van der Waals surface area contributed by atoms with Crippen LogP contribution in [0, 0.1) is 6.92 Å². The monoisotopic (exact) mass is 385 g/mol. The zero-order chi connectivity index (χ0) is 19.4. The molecule has 140 valence electrons. The number of rotatable bonds is 5. The van der Waals surface area contributed by atoms with E-state index in [2.05, 4.69) is 10.6 Å². The zero-order valence-electron chi connectivity index (χ0n) is 14.9. The molecule has 3 rings (SSSR count). The molecule has 0 unspecified atom stereocenters. The largest absolute Gasteiger partial charge is 0.343 e. The van der Waals surface area contributed by atoms with Gasteiger partial charge in [0.15, 0.2) is 0 Å². The third-order valence-electron chi connectivity index (χ3n) is 4.38. The Kier molecular flexibility index (Phi) is 5.76. The number of aryl methyl sites for hydroxylation is 1. The Labute approximate surface area is 162 Å². The van der Waals surface area contributed by atoms with Crippen molar-refractivity contribution in [2.24, 2.45) is 0 Å². The van der Waals surface area contributed by atoms with E-state index in [0.29, 0.717) is 29.2 Å². The van der Waals surface area contributed by atoms with Crippen molar-refractivity contribution in [3.63, 3.8) is 0 Å². The lowest BCUT2D eigenvalue weighted by atomic mass is 10.2. The number of carbonyl (C=O) groups excluding carboxylic acids is 3. The third-order valence-corrected chi connectivity index (χ3v) is 4.79. The molecular formula is C20H20ClN3O3. The van der Waals surface area contributed by atoms with Crippen LogP contribution in [0.25, 0.3) is 0 Å². The van der Waals surface area contributed by atoms with Gasteiger partial charge in [0.2, 0.25) is 11.8 Å². The molecule has 0 radical (unpaired) electrons. The summed E-state index contributed by atoms with van der Waals surface area (Å²) in [6, 6.07) is 12.0. The topological polar surface area (TPSA) is 78.5 Å². The van der Waals surface area contributed by atoms with Gasteiger partial charge in [-0.25, -0.2) is 0 Å². The minimum atomic E-state index is -0.355. The van der Waals surface area contributed by atoms with Gasteiger partial charge in [0.1, 0.15) is 0 Å². The molecule has 0 aliphatic carbocycles. The molecule has 7 heteroatoms. The van der Waals surface area contributed by atoms with Crippen molar-refractivity contribution in [2.45, 2.75) is 19.8 Å². The van der Waals surface area contributed by atoms with Crippen LogP contribution in [0.1, 0.15) is 28.8 Å². The number of halogens is 1. The molecule has 0 aromatic heterocycles. The fraction of sp³-hybridized carbons (Fsp3) is 0.250. The van der Waals surface area contributed by atoms with Crippen LogP contribution in [0.15, 0.2) is 42.5 Å². The lowest BCUT2D eigenvalue weighted by Gasteiger charge is -2.15. The number of benzene rings is 2. The lowest BCUT2D eigenvalue weighted by molar-refractivity contribution is -0.117. The lowest BCUT2D eigenvalue weighted by Crippen LogP contribution is -2.32. The van der Waals surface area contributed by atoms with Crippen molar-refractivity contribution in [3.05, 3.63) is 58.6 Å². The van der Waals surface area contributed by atoms with E-state index in [9.17, 15) is 14.4 Å². The Hall–Kier alpha value is -2.86. The number of nitrogens with one attached hydrogen (secondary N) is 2. The second kappa shape index (κ2) is 8.22. The van der Waals surface area contributed by atoms with Gasteiger partial charge in [0.25, 0.3) is 5.91 Å². The quantitative estimate of drug-likeness (QED) is 0.829. The van der Waals surface area contributed by atoms with E-state index in [0.717, 1.165) is 17.7 Å². The normalized spacial score (nSPS) is 13.6. The fourth-order valence-corrected chi connectivity index (χ4v) is 3.03. The summed E-state index contributed by atoms with van der Waals surface area (Å²) in [5.74, 6) is -0.603. The van der Waals surface area contributed by atoms with Crippen LogP contribution in [-0.4, -0.2) is 30.8 Å². The third kappa shape index (κ3) is 4.65. The van der Waals surface area contributed by atoms with Crippen LogP contribution in [0.5, 0.6) is 0 Å². The number of hydrogen-bond donors (Lipinski definition) is 2. The molecule has 1 aliphatic heterocycles. The van der Waals surface area contributed by atoms with Gasteiger partial charge in [0, 0.05) is 34.9 Å². The zero-order valence-corrected chi connectivity index (χ0v) is 15.7. The highest BCUT2D eigenvalue weighted by molar-refractivity contribution is 6.31. The number of nitrogens with zero attached hydrogens (tertiary/aromatic N) is 1. The van der Waals surface area contributed by atoms with Crippen molar-refractivity contribution in [2.75, 3.05) is 23.3 Å². The predicted octanol–water partition coefficient (Wildman–Crippen LogP) is 3.14. The second-order valence-corrected chi connectivity index (χ2v) is 6.80. The first-order valence-electron chi connectivity index (χ1n) is 8.68. The predicted molar refractivity (Wildman–Crippen MR) is 105 cm³/mol. The Balaban J connectivity index is 1.53. The SMILES string of the molecule is Cc1ccc(NC(=O)CNC(=O)c2ccc(N3CCCC3=O)cc2)cc1Cl. The summed E-state index contributed by atoms with van der Waals surface area (Å²) in [5.41, 5.74) is 2.70. The van der Waals surface area contributed by atoms with E-state index in [1.165, 1.54) is 0 Å². The summed E-state index contributed by atoms with van der Waals surface area (Å²) in [6.45, 7) is 2.42. The highest BCUT2D eigenvalue weighted by atomic mass is 35.5. The van der Waals surface area contributed by atoms with Gasteiger partial charge in [-0.1, -0.05) is 17.7 Å². The highest BCUT2D eigenvalue weighted by Gasteiger charge is 2.21. The minimum Gasteiger partial charge on any atom is -0.343 e. The van der Waals surface area contributed by atoms with Crippen LogP contribution in [-0.2, 0) is 9.59 Å². The van der Waals surface area contributed by atoms with Crippen LogP contribution in [0.3, 0.4) is 0 Å². The number of amides is 3. The summed E-state index contributed by atoms with van der Waals surface area (Å²) in [4.78, 5) is 37.7. The van der Waals surface area contributed by atoms with E-state index in [4.69, 9.17) is 11.6 Å². The molecule has 1 saturated heterocycles. The molecule has 3 amide bonds. The number of carbonyl (C=O) groups is 3. The fourth-order valence-electron chi connectivity index (χ4n) is 2.85. The van der Waals surface area contributed by atoms with Crippen molar-refractivity contribution in [3.8, 4) is 0 Å². The summed E-state index contributed by atoms with van der Waals surface area (Å²) in [5, 5.41) is 5.83. The first-order chi connectivity index (χ1) is 12.9. The molecule has 0 saturated carbocycles. The van der Waals surface area contributed by atoms with Gasteiger partial charge >= 0.3 is 0 Å². The summed E-state index contributed by atoms with van der Waals surface area (Å²) < 4.78 is 0. The van der Waals surface area contributed by atoms with Crippen molar-refractivity contribution >= 4 is 40.7 Å². The molecular weight excluding hydrogens is 366 g/mol. The van der Waals surface area contributed by atoms with Crippen molar-refractivity contribution in [1.29, 1.82) is 0 Å². The second-order valence-electron chi connectivity index (χ2n) is 6.39. The Bertz CT molecular complexity index is 881. The van der Waals surface area contributed by atoms with Crippen LogP contribution in [0.2, 0.25) is 5.02 Å². The molecule has 27 heavy (non-hydrogen) atoms. The smallest absolute Gasteiger partial charge is 0.251 e. The van der Waals surface area contributed by atoms with Gasteiger partial charge in [-0.15, -0.1) is 0 Å². The maximum Gasteiger partial charge on any atom is 0.251 e. The molecule has 0 spiro atoms. The maximum absolute atomic E-state index is 12.2. The summed E-state index contributed by atoms with van der Waals surface area (Å²) >= 11 is 6.03. The van der Waals surface area contributed by atoms with Gasteiger partial charge in [-0.2, -0.15) is 0 Å². The summed E-state index contributed by atoms with van der Waals surface area (Å²) in [6.07, 6.45) is 1.41. The van der Waals surface area contributed by atoms with E-state index < -0.39 is 0 Å². The molecule has 1 aliphatic rings. The van der Waals surface area contributed by atoms with Crippen molar-refractivity contribution < 1.29 is 14.4 Å². The molecule has 0 atom stereocenters. The molecule has 1 fully saturated rings. The molecule has 2 N–H and O–H groups in total. The molecule has 2 aromatic carbocycles. The first kappa shape index (κ1) is 18.9. The Morgan fingerprint density at radius 3 is 2.52 bits per heavy atom. The number of hydrogen-bond acceptors (Lipinski definition) is 3. The van der Waals surface area contributed by atoms with Gasteiger partial charge in [-0.05, 0) is 55.3 Å². The van der Waals surface area contributed by atoms with Crippen LogP contribution >= 0.6 is 11.6 Å². The first-order valence-corrected chi connectivity index (χ1v) is 9.06. The Morgan fingerprint density at radius 2 is 1.89 bits per heavy atom. The molecule has 2 aromatic rings. The molecule has 1 heterocycles. The van der Waals surface area contributed by atoms with E-state index >= 15 is 0 Å². The maximum atomic E-state index is 12.2. The number of anilines is 2. The van der Waals surface area contributed by atoms with E-state index in [1.54, 1.807) is 41.3 Å². The van der Waals surface area contributed by atoms with Crippen LogP contribution < -0.4 is 15.5 Å². The van der Waals surface area contributed by atoms with Crippen LogP contribution in [0.4, 0.5) is 11.4 Å². The molecule has 6 nitrogen and oxygen atoms in total. The van der Waals surface area contributed by atoms with Gasteiger partial charge < -0.3 is 15.5 Å². The van der Waals surface area contributed by atoms with Crippen molar-refractivity contribution in [1.82, 2.24) is 5.32 Å². The molecule has 0 bridgehead atoms. The van der Waals surface area contributed by atoms with E-state index in [-0.39, 0.29) is 24.3 Å². The Morgan fingerprint density at radius 1 is 1.15 bits per heavy atom. The average molecular weight is 386 g/mol. The van der Waals surface area contributed by atoms with Gasteiger partial charge in [0.05, 0.1) is 6.54 Å². The van der Waals surface area contributed by atoms with Gasteiger partial charge in [-0.3, -0.25) is 14.4 Å². The standard InChI is InChI=1S/C20H20ClN3O3/c1-13-4-7-15(11-17(13)21)23-18(25)12-22-20(27)14-5-8-16(9-6-14)24-10-2-3-19(24)26/h4-9,11H,2-3,10,12H2,1H3,(H,22,27)(H,23,25). The summed E-state index contributed by atoms with van der Waals surface area (Å²) in [7, 11) is 0. The minimum absolute atomic E-state index is 0.0973. The van der Waals surface area contributed by atoms with E-state index in [1.807, 2.05) is 13.0 Å². The average Bonchev–Trinajstić information content (AvgIpc) is 3.09. The highest BCUT2D eigenvalue weighted by Crippen LogP contribution is 2.22.